The van der Waals surface area contributed by atoms with Crippen LogP contribution in [-0.4, -0.2) is 28.5 Å². The van der Waals surface area contributed by atoms with Crippen LogP contribution in [0.15, 0.2) is 61.5 Å². The smallest absolute Gasteiger partial charge is 0.334 e. The summed E-state index contributed by atoms with van der Waals surface area (Å²) >= 11 is 0.863. The average molecular weight is 466 g/mol. The van der Waals surface area contributed by atoms with E-state index >= 15 is 0 Å². The van der Waals surface area contributed by atoms with Crippen LogP contribution < -0.4 is 10.0 Å². The molecule has 0 saturated carbocycles. The summed E-state index contributed by atoms with van der Waals surface area (Å²) in [5.41, 5.74) is -0.887. The molecule has 0 bridgehead atoms. The molecule has 0 unspecified atom stereocenters. The van der Waals surface area contributed by atoms with Crippen molar-refractivity contribution >= 4 is 42.7 Å². The molecule has 7 nitrogen and oxygen atoms in total. The van der Waals surface area contributed by atoms with E-state index < -0.39 is 31.8 Å². The van der Waals surface area contributed by atoms with E-state index in [1.807, 2.05) is 0 Å². The summed E-state index contributed by atoms with van der Waals surface area (Å²) in [6, 6.07) is 7.79. The van der Waals surface area contributed by atoms with Gasteiger partial charge in [-0.3, -0.25) is 0 Å². The maximum atomic E-state index is 12.8. The standard InChI is InChI=1S/C16H14F3N3O4S3/c1-2-20-28(23,24)12-6-7-13-14(9-12)29(25,26)22-15(27-13)21-11-5-3-4-10(8-11)16(17,18)19/h3-9,20H,2H2,1H3,(H,21,22). The lowest BCUT2D eigenvalue weighted by molar-refractivity contribution is -0.137. The Balaban J connectivity index is 1.94. The van der Waals surface area contributed by atoms with Crippen LogP contribution in [0.25, 0.3) is 0 Å². The van der Waals surface area contributed by atoms with Crippen molar-refractivity contribution in [1.82, 2.24) is 4.72 Å². The SMILES string of the molecule is CCNS(=O)(=O)c1ccc2c(c1)S(=O)(=O)N=C(Nc1cccc(C(F)(F)F)c1)S2. The third-order valence-electron chi connectivity index (χ3n) is 3.69. The fourth-order valence-corrected chi connectivity index (χ4v) is 6.10. The molecular formula is C16H14F3N3O4S3. The Kier molecular flexibility index (Phi) is 5.69. The number of rotatable bonds is 4. The molecule has 0 fully saturated rings. The van der Waals surface area contributed by atoms with Crippen molar-refractivity contribution in [2.75, 3.05) is 11.9 Å². The largest absolute Gasteiger partial charge is 0.416 e. The molecule has 0 aliphatic carbocycles. The maximum absolute atomic E-state index is 12.8. The van der Waals surface area contributed by atoms with E-state index in [1.54, 1.807) is 6.92 Å². The van der Waals surface area contributed by atoms with Gasteiger partial charge in [-0.05, 0) is 48.2 Å². The van der Waals surface area contributed by atoms with E-state index in [0.717, 1.165) is 30.0 Å². The Morgan fingerprint density at radius 1 is 1.14 bits per heavy atom. The molecule has 156 valence electrons. The van der Waals surface area contributed by atoms with E-state index in [9.17, 15) is 30.0 Å². The molecular weight excluding hydrogens is 451 g/mol. The molecule has 2 N–H and O–H groups in total. The third kappa shape index (κ3) is 4.74. The Labute approximate surface area is 169 Å². The van der Waals surface area contributed by atoms with Gasteiger partial charge < -0.3 is 5.32 Å². The van der Waals surface area contributed by atoms with E-state index in [0.29, 0.717) is 0 Å². The molecule has 2 aromatic carbocycles. The van der Waals surface area contributed by atoms with Crippen molar-refractivity contribution in [3.8, 4) is 0 Å². The van der Waals surface area contributed by atoms with Gasteiger partial charge in [-0.25, -0.2) is 13.1 Å². The number of amidine groups is 1. The van der Waals surface area contributed by atoms with E-state index in [4.69, 9.17) is 0 Å². The minimum Gasteiger partial charge on any atom is -0.334 e. The highest BCUT2D eigenvalue weighted by Gasteiger charge is 2.31. The molecule has 0 radical (unpaired) electrons. The number of benzene rings is 2. The van der Waals surface area contributed by atoms with Crippen LogP contribution >= 0.6 is 11.8 Å². The molecule has 0 spiro atoms. The topological polar surface area (TPSA) is 105 Å². The van der Waals surface area contributed by atoms with Crippen LogP contribution in [0.1, 0.15) is 12.5 Å². The zero-order valence-corrected chi connectivity index (χ0v) is 17.1. The lowest BCUT2D eigenvalue weighted by atomic mass is 10.2. The summed E-state index contributed by atoms with van der Waals surface area (Å²) < 4.78 is 93.5. The summed E-state index contributed by atoms with van der Waals surface area (Å²) in [6.07, 6.45) is -4.55. The number of thioether (sulfide) groups is 1. The zero-order chi connectivity index (χ0) is 21.4. The predicted molar refractivity (Wildman–Crippen MR) is 103 cm³/mol. The molecule has 1 aliphatic heterocycles. The van der Waals surface area contributed by atoms with Gasteiger partial charge in [0.05, 0.1) is 10.5 Å². The number of anilines is 1. The Hall–Kier alpha value is -2.09. The van der Waals surface area contributed by atoms with Gasteiger partial charge in [-0.15, -0.1) is 4.40 Å². The number of nitrogens with one attached hydrogen (secondary N) is 2. The number of fused-ring (bicyclic) bond motifs is 1. The molecule has 3 rings (SSSR count). The fourth-order valence-electron chi connectivity index (χ4n) is 2.44. The van der Waals surface area contributed by atoms with Gasteiger partial charge in [0.1, 0.15) is 4.90 Å². The summed E-state index contributed by atoms with van der Waals surface area (Å²) in [7, 11) is -8.13. The fraction of sp³-hybridized carbons (Fsp3) is 0.188. The Morgan fingerprint density at radius 3 is 2.52 bits per heavy atom. The van der Waals surface area contributed by atoms with Gasteiger partial charge in [0.15, 0.2) is 5.17 Å². The van der Waals surface area contributed by atoms with Crippen LogP contribution in [0, 0.1) is 0 Å². The van der Waals surface area contributed by atoms with E-state index in [-0.39, 0.29) is 32.1 Å². The first kappa shape index (κ1) is 21.6. The monoisotopic (exact) mass is 465 g/mol. The van der Waals surface area contributed by atoms with E-state index in [1.165, 1.54) is 24.3 Å². The number of halogens is 3. The van der Waals surface area contributed by atoms with Crippen LogP contribution in [-0.2, 0) is 26.2 Å². The highest BCUT2D eigenvalue weighted by atomic mass is 32.2. The second-order valence-corrected chi connectivity index (χ2v) is 10.2. The first-order chi connectivity index (χ1) is 13.4. The Morgan fingerprint density at radius 2 is 1.86 bits per heavy atom. The molecule has 0 aromatic heterocycles. The highest BCUT2D eigenvalue weighted by Crippen LogP contribution is 2.36. The lowest BCUT2D eigenvalue weighted by Gasteiger charge is -2.18. The molecule has 29 heavy (non-hydrogen) atoms. The summed E-state index contributed by atoms with van der Waals surface area (Å²) in [5.74, 6) is 0. The second kappa shape index (κ2) is 7.63. The molecule has 0 amide bonds. The average Bonchev–Trinajstić information content (AvgIpc) is 2.60. The quantitative estimate of drug-likeness (QED) is 0.718. The zero-order valence-electron chi connectivity index (χ0n) is 14.7. The lowest BCUT2D eigenvalue weighted by Crippen LogP contribution is -2.24. The predicted octanol–water partition coefficient (Wildman–Crippen LogP) is 3.27. The van der Waals surface area contributed by atoms with Gasteiger partial charge >= 0.3 is 6.18 Å². The minimum atomic E-state index is -4.55. The Bertz CT molecular complexity index is 1190. The van der Waals surface area contributed by atoms with Crippen molar-refractivity contribution in [1.29, 1.82) is 0 Å². The number of nitrogens with zero attached hydrogens (tertiary/aromatic N) is 1. The molecule has 2 aromatic rings. The number of hydrogen-bond acceptors (Lipinski definition) is 6. The minimum absolute atomic E-state index is 0.0102. The van der Waals surface area contributed by atoms with Crippen molar-refractivity contribution in [3.05, 3.63) is 48.0 Å². The molecule has 13 heteroatoms. The summed E-state index contributed by atoms with van der Waals surface area (Å²) in [5, 5.41) is 2.40. The van der Waals surface area contributed by atoms with Crippen LogP contribution in [0.2, 0.25) is 0 Å². The van der Waals surface area contributed by atoms with Crippen molar-refractivity contribution in [2.24, 2.45) is 4.40 Å². The van der Waals surface area contributed by atoms with Gasteiger partial charge in [0.2, 0.25) is 10.0 Å². The van der Waals surface area contributed by atoms with Gasteiger partial charge in [-0.1, -0.05) is 13.0 Å². The first-order valence-corrected chi connectivity index (χ1v) is 11.8. The first-order valence-electron chi connectivity index (χ1n) is 8.03. The van der Waals surface area contributed by atoms with Crippen molar-refractivity contribution < 1.29 is 30.0 Å². The van der Waals surface area contributed by atoms with Crippen molar-refractivity contribution in [3.63, 3.8) is 0 Å². The molecule has 1 aliphatic rings. The van der Waals surface area contributed by atoms with E-state index in [2.05, 4.69) is 14.4 Å². The van der Waals surface area contributed by atoms with Crippen LogP contribution in [0.4, 0.5) is 18.9 Å². The molecule has 0 atom stereocenters. The van der Waals surface area contributed by atoms with Crippen molar-refractivity contribution in [2.45, 2.75) is 27.8 Å². The van der Waals surface area contributed by atoms with Crippen LogP contribution in [0.5, 0.6) is 0 Å². The second-order valence-electron chi connectivity index (χ2n) is 5.79. The van der Waals surface area contributed by atoms with Gasteiger partial charge in [0, 0.05) is 17.1 Å². The maximum Gasteiger partial charge on any atom is 0.416 e. The number of hydrogen-bond donors (Lipinski definition) is 2. The molecule has 0 saturated heterocycles. The third-order valence-corrected chi connectivity index (χ3v) is 7.76. The molecule has 1 heterocycles. The van der Waals surface area contributed by atoms with Crippen LogP contribution in [0.3, 0.4) is 0 Å². The highest BCUT2D eigenvalue weighted by molar-refractivity contribution is 8.15. The summed E-state index contributed by atoms with van der Waals surface area (Å²) in [4.78, 5) is -0.326. The summed E-state index contributed by atoms with van der Waals surface area (Å²) in [6.45, 7) is 1.71. The number of sulfonamides is 2. The van der Waals surface area contributed by atoms with Gasteiger partial charge in [0.25, 0.3) is 10.0 Å². The normalized spacial score (nSPS) is 16.1. The number of alkyl halides is 3. The van der Waals surface area contributed by atoms with Gasteiger partial charge in [-0.2, -0.15) is 21.6 Å².